The normalized spacial score (nSPS) is 15.1. The number of pyridine rings is 1. The van der Waals surface area contributed by atoms with Gasteiger partial charge in [-0.2, -0.15) is 5.26 Å². The fraction of sp³-hybridized carbons (Fsp3) is 0.130. The van der Waals surface area contributed by atoms with Crippen LogP contribution in [0.4, 0.5) is 5.69 Å². The number of hydrogen-bond donors (Lipinski definition) is 2. The number of fused-ring (bicyclic) bond motifs is 1. The summed E-state index contributed by atoms with van der Waals surface area (Å²) in [5, 5.41) is 29.7. The van der Waals surface area contributed by atoms with Crippen LogP contribution in [-0.4, -0.2) is 9.77 Å². The smallest absolute Gasteiger partial charge is 0.259 e. The maximum Gasteiger partial charge on any atom is 0.259 e. The van der Waals surface area contributed by atoms with E-state index in [1.807, 2.05) is 37.3 Å². The predicted octanol–water partition coefficient (Wildman–Crippen LogP) is 3.12. The number of anilines is 1. The minimum atomic E-state index is -0.767. The lowest BCUT2D eigenvalue weighted by molar-refractivity contribution is 0.296. The Labute approximate surface area is 178 Å². The Balaban J connectivity index is 1.89. The first-order valence-corrected chi connectivity index (χ1v) is 9.52. The minimum Gasteiger partial charge on any atom is -0.733 e. The van der Waals surface area contributed by atoms with Gasteiger partial charge in [0, 0.05) is 11.8 Å². The summed E-state index contributed by atoms with van der Waals surface area (Å²) in [7, 11) is 0. The maximum absolute atomic E-state index is 13.6. The zero-order valence-electron chi connectivity index (χ0n) is 16.6. The molecule has 1 unspecified atom stereocenters. The van der Waals surface area contributed by atoms with Gasteiger partial charge in [0.15, 0.2) is 0 Å². The Hall–Kier alpha value is -4.06. The number of benzene rings is 2. The van der Waals surface area contributed by atoms with Crippen molar-refractivity contribution in [1.82, 2.24) is 4.57 Å². The third kappa shape index (κ3) is 3.64. The topological polar surface area (TPSA) is 128 Å². The highest BCUT2D eigenvalue weighted by Gasteiger charge is 2.34. The number of rotatable bonds is 4. The zero-order valence-corrected chi connectivity index (χ0v) is 16.6. The third-order valence-corrected chi connectivity index (χ3v) is 5.32. The summed E-state index contributed by atoms with van der Waals surface area (Å²) in [6, 6.07) is 19.3. The molecule has 8 nitrogen and oxygen atoms in total. The quantitative estimate of drug-likeness (QED) is 0.627. The average molecular weight is 415 g/mol. The van der Waals surface area contributed by atoms with Gasteiger partial charge in [-0.3, -0.25) is 10.0 Å². The molecule has 2 heterocycles. The van der Waals surface area contributed by atoms with Crippen molar-refractivity contribution < 1.29 is 9.94 Å². The van der Waals surface area contributed by atoms with Crippen LogP contribution < -0.4 is 21.3 Å². The van der Waals surface area contributed by atoms with E-state index in [1.165, 1.54) is 12.1 Å². The minimum absolute atomic E-state index is 0.0249. The maximum atomic E-state index is 13.6. The molecule has 0 fully saturated rings. The van der Waals surface area contributed by atoms with Gasteiger partial charge in [0.2, 0.25) is 5.88 Å². The molecule has 4 rings (SSSR count). The van der Waals surface area contributed by atoms with E-state index in [1.54, 1.807) is 22.8 Å². The van der Waals surface area contributed by atoms with E-state index < -0.39 is 5.92 Å². The molecule has 1 atom stereocenters. The van der Waals surface area contributed by atoms with Crippen molar-refractivity contribution in [1.29, 1.82) is 5.26 Å². The highest BCUT2D eigenvalue weighted by atomic mass is 16.8. The molecule has 0 aliphatic carbocycles. The zero-order chi connectivity index (χ0) is 22.1. The van der Waals surface area contributed by atoms with Crippen LogP contribution in [0, 0.1) is 23.5 Å². The van der Waals surface area contributed by atoms with Crippen molar-refractivity contribution >= 4 is 5.69 Å². The molecule has 1 aromatic heterocycles. The molecule has 0 amide bonds. The summed E-state index contributed by atoms with van der Waals surface area (Å²) in [5.41, 5.74) is 8.36. The van der Waals surface area contributed by atoms with Crippen molar-refractivity contribution in [2.75, 3.05) is 5.23 Å². The van der Waals surface area contributed by atoms with Crippen LogP contribution in [0.25, 0.3) is 0 Å². The number of ether oxygens (including phenoxy) is 1. The molecule has 0 bridgehead atoms. The van der Waals surface area contributed by atoms with Gasteiger partial charge in [-0.25, -0.2) is 0 Å². The van der Waals surface area contributed by atoms with Crippen molar-refractivity contribution in [3.05, 3.63) is 110 Å². The molecule has 0 spiro atoms. The van der Waals surface area contributed by atoms with E-state index in [9.17, 15) is 15.3 Å². The Morgan fingerprint density at radius 3 is 2.52 bits per heavy atom. The van der Waals surface area contributed by atoms with Crippen LogP contribution >= 0.6 is 0 Å². The Morgan fingerprint density at radius 2 is 1.90 bits per heavy atom. The summed E-state index contributed by atoms with van der Waals surface area (Å²) >= 11 is 0. The predicted molar refractivity (Wildman–Crippen MR) is 114 cm³/mol. The van der Waals surface area contributed by atoms with E-state index in [2.05, 4.69) is 6.07 Å². The Bertz CT molecular complexity index is 1260. The molecule has 8 heteroatoms. The third-order valence-electron chi connectivity index (χ3n) is 5.32. The van der Waals surface area contributed by atoms with Crippen molar-refractivity contribution in [3.63, 3.8) is 0 Å². The summed E-state index contributed by atoms with van der Waals surface area (Å²) in [6.45, 7) is 2.17. The lowest BCUT2D eigenvalue weighted by atomic mass is 9.84. The number of allylic oxidation sites excluding steroid dienone is 1. The van der Waals surface area contributed by atoms with Gasteiger partial charge in [-0.05, 0) is 30.2 Å². The van der Waals surface area contributed by atoms with E-state index in [4.69, 9.17) is 15.7 Å². The fourth-order valence-corrected chi connectivity index (χ4v) is 3.78. The molecule has 31 heavy (non-hydrogen) atoms. The first kappa shape index (κ1) is 20.2. The van der Waals surface area contributed by atoms with Gasteiger partial charge in [0.05, 0.1) is 23.7 Å². The average Bonchev–Trinajstić information content (AvgIpc) is 2.76. The van der Waals surface area contributed by atoms with Crippen LogP contribution in [0.2, 0.25) is 0 Å². The summed E-state index contributed by atoms with van der Waals surface area (Å²) in [4.78, 5) is 13.6. The fourth-order valence-electron chi connectivity index (χ4n) is 3.78. The van der Waals surface area contributed by atoms with E-state index in [0.717, 1.165) is 5.56 Å². The van der Waals surface area contributed by atoms with E-state index in [-0.39, 0.29) is 27.9 Å². The Kier molecular flexibility index (Phi) is 5.21. The second-order valence-electron chi connectivity index (χ2n) is 7.23. The van der Waals surface area contributed by atoms with Gasteiger partial charge in [0.1, 0.15) is 17.4 Å². The lowest BCUT2D eigenvalue weighted by Gasteiger charge is -2.28. The molecule has 3 N–H and O–H groups in total. The number of hydrogen-bond acceptors (Lipinski definition) is 7. The molecule has 3 aromatic rings. The number of aromatic nitrogens is 1. The van der Waals surface area contributed by atoms with Crippen LogP contribution in [0.1, 0.15) is 28.3 Å². The van der Waals surface area contributed by atoms with Gasteiger partial charge in [0.25, 0.3) is 5.56 Å². The summed E-state index contributed by atoms with van der Waals surface area (Å²) in [6.07, 6.45) is 0. The van der Waals surface area contributed by atoms with Crippen LogP contribution in [0.15, 0.2) is 76.9 Å². The monoisotopic (exact) mass is 415 g/mol. The van der Waals surface area contributed by atoms with E-state index in [0.29, 0.717) is 29.1 Å². The molecule has 2 aromatic carbocycles. The van der Waals surface area contributed by atoms with E-state index >= 15 is 0 Å². The van der Waals surface area contributed by atoms with Crippen LogP contribution in [-0.2, 0) is 6.54 Å². The van der Waals surface area contributed by atoms with Crippen LogP contribution in [0.3, 0.4) is 0 Å². The number of nitrogens with zero attached hydrogens (tertiary/aromatic N) is 3. The molecule has 156 valence electrons. The first-order valence-electron chi connectivity index (χ1n) is 9.52. The van der Waals surface area contributed by atoms with Gasteiger partial charge < -0.3 is 25.5 Å². The molecular weight excluding hydrogens is 396 g/mol. The van der Waals surface area contributed by atoms with Gasteiger partial charge in [-0.15, -0.1) is 0 Å². The summed E-state index contributed by atoms with van der Waals surface area (Å²) in [5.74, 6) is -0.544. The second kappa shape index (κ2) is 7.99. The molecule has 0 saturated heterocycles. The number of nitriles is 1. The molecular formula is C23H19N4O4-. The first-order chi connectivity index (χ1) is 14.9. The van der Waals surface area contributed by atoms with Crippen molar-refractivity contribution in [2.45, 2.75) is 19.4 Å². The molecule has 0 saturated carbocycles. The highest BCUT2D eigenvalue weighted by Crippen LogP contribution is 2.40. The van der Waals surface area contributed by atoms with Gasteiger partial charge in [-0.1, -0.05) is 42.5 Å². The molecule has 1 aliphatic rings. The van der Waals surface area contributed by atoms with Crippen molar-refractivity contribution in [2.24, 2.45) is 5.73 Å². The molecule has 0 radical (unpaired) electrons. The lowest BCUT2D eigenvalue weighted by Crippen LogP contribution is -2.33. The van der Waals surface area contributed by atoms with Crippen LogP contribution in [0.5, 0.6) is 5.75 Å². The van der Waals surface area contributed by atoms with Gasteiger partial charge >= 0.3 is 0 Å². The van der Waals surface area contributed by atoms with Crippen molar-refractivity contribution in [3.8, 4) is 11.8 Å². The standard InChI is InChI=1S/C23H19N4O4/c1-14-11-19-21(23(28)26(14)13-15-5-3-2-4-6-15)20(18(12-24)22(25)31-19)16-7-9-17(10-8-16)27(29)30/h2-11,20,29H,13,25H2,1H3/q-1. The Morgan fingerprint density at radius 1 is 1.23 bits per heavy atom. The largest absolute Gasteiger partial charge is 0.733 e. The number of aryl methyl sites for hydroxylation is 1. The SMILES string of the molecule is Cc1cc2c(c(=O)n1Cc1ccccc1)C(c1ccc(N([O-])O)cc1)C(C#N)=C(N)O2. The second-order valence-corrected chi connectivity index (χ2v) is 7.23. The number of nitrogens with two attached hydrogens (primary N) is 1. The highest BCUT2D eigenvalue weighted by molar-refractivity contribution is 5.57. The molecule has 1 aliphatic heterocycles. The summed E-state index contributed by atoms with van der Waals surface area (Å²) < 4.78 is 7.27.